The van der Waals surface area contributed by atoms with Gasteiger partial charge in [0.2, 0.25) is 0 Å². The smallest absolute Gasteiger partial charge is 0.148 e. The summed E-state index contributed by atoms with van der Waals surface area (Å²) in [6.45, 7) is 1.34. The van der Waals surface area contributed by atoms with Crippen molar-refractivity contribution in [2.75, 3.05) is 39.8 Å². The van der Waals surface area contributed by atoms with Gasteiger partial charge >= 0.3 is 0 Å². The molecule has 108 valence electrons. The lowest BCUT2D eigenvalue weighted by Crippen LogP contribution is -2.07. The highest BCUT2D eigenvalue weighted by atomic mass is 16.5. The minimum absolute atomic E-state index is 0.633. The number of benzene rings is 1. The van der Waals surface area contributed by atoms with E-state index in [0.717, 1.165) is 28.6 Å². The third kappa shape index (κ3) is 3.21. The summed E-state index contributed by atoms with van der Waals surface area (Å²) in [5.74, 6) is 2.26. The number of aromatic amines is 1. The lowest BCUT2D eigenvalue weighted by Gasteiger charge is -2.08. The molecule has 0 aliphatic rings. The number of anilines is 1. The zero-order chi connectivity index (χ0) is 14.4. The zero-order valence-corrected chi connectivity index (χ0v) is 11.9. The van der Waals surface area contributed by atoms with Crippen LogP contribution in [0.15, 0.2) is 24.3 Å². The first kappa shape index (κ1) is 14.2. The number of nitrogens with one attached hydrogen (secondary N) is 2. The summed E-state index contributed by atoms with van der Waals surface area (Å²) in [5.41, 5.74) is 1.81. The number of ether oxygens (including phenoxy) is 3. The van der Waals surface area contributed by atoms with Crippen molar-refractivity contribution in [1.29, 1.82) is 0 Å². The number of methoxy groups -OCH3 is 3. The summed E-state index contributed by atoms with van der Waals surface area (Å²) in [7, 11) is 4.93. The molecule has 6 nitrogen and oxygen atoms in total. The van der Waals surface area contributed by atoms with Crippen LogP contribution in [0.4, 0.5) is 5.82 Å². The zero-order valence-electron chi connectivity index (χ0n) is 11.9. The Morgan fingerprint density at radius 1 is 1.15 bits per heavy atom. The maximum absolute atomic E-state index is 5.38. The predicted octanol–water partition coefficient (Wildman–Crippen LogP) is 2.15. The Labute approximate surface area is 118 Å². The van der Waals surface area contributed by atoms with E-state index in [1.165, 1.54) is 0 Å². The van der Waals surface area contributed by atoms with Crippen LogP contribution in [0.25, 0.3) is 11.3 Å². The van der Waals surface area contributed by atoms with E-state index < -0.39 is 0 Å². The van der Waals surface area contributed by atoms with Crippen molar-refractivity contribution in [2.45, 2.75) is 0 Å². The normalized spacial score (nSPS) is 10.3. The molecule has 0 fully saturated rings. The van der Waals surface area contributed by atoms with Gasteiger partial charge in [0.1, 0.15) is 17.3 Å². The third-order valence-electron chi connectivity index (χ3n) is 2.89. The van der Waals surface area contributed by atoms with Crippen molar-refractivity contribution >= 4 is 5.82 Å². The molecule has 2 N–H and O–H groups in total. The standard InChI is InChI=1S/C14H19N3O3/c1-18-7-6-15-14-9-12(16-17-14)11-5-4-10(19-2)8-13(11)20-3/h4-5,8-9H,6-7H2,1-3H3,(H2,15,16,17). The molecule has 0 aliphatic carbocycles. The molecule has 0 saturated carbocycles. The Kier molecular flexibility index (Phi) is 4.84. The molecule has 1 aromatic heterocycles. The van der Waals surface area contributed by atoms with Crippen LogP contribution in [-0.2, 0) is 4.74 Å². The largest absolute Gasteiger partial charge is 0.497 e. The second kappa shape index (κ2) is 6.81. The van der Waals surface area contributed by atoms with Crippen molar-refractivity contribution in [3.63, 3.8) is 0 Å². The molecule has 0 atom stereocenters. The molecule has 0 aliphatic heterocycles. The topological polar surface area (TPSA) is 68.4 Å². The summed E-state index contributed by atoms with van der Waals surface area (Å²) in [6, 6.07) is 7.59. The van der Waals surface area contributed by atoms with Crippen LogP contribution in [0.5, 0.6) is 11.5 Å². The van der Waals surface area contributed by atoms with Gasteiger partial charge in [-0.3, -0.25) is 5.10 Å². The van der Waals surface area contributed by atoms with Gasteiger partial charge in [0.15, 0.2) is 0 Å². The molecular formula is C14H19N3O3. The van der Waals surface area contributed by atoms with Gasteiger partial charge in [-0.05, 0) is 12.1 Å². The molecule has 0 spiro atoms. The van der Waals surface area contributed by atoms with Crippen LogP contribution in [-0.4, -0.2) is 44.7 Å². The van der Waals surface area contributed by atoms with Crippen LogP contribution in [0, 0.1) is 0 Å². The van der Waals surface area contributed by atoms with Crippen LogP contribution in [0.2, 0.25) is 0 Å². The highest BCUT2D eigenvalue weighted by Gasteiger charge is 2.10. The first-order valence-corrected chi connectivity index (χ1v) is 6.29. The van der Waals surface area contributed by atoms with Crippen LogP contribution in [0.3, 0.4) is 0 Å². The van der Waals surface area contributed by atoms with Crippen molar-refractivity contribution in [1.82, 2.24) is 10.2 Å². The van der Waals surface area contributed by atoms with E-state index in [4.69, 9.17) is 14.2 Å². The van der Waals surface area contributed by atoms with Crippen molar-refractivity contribution in [2.24, 2.45) is 0 Å². The highest BCUT2D eigenvalue weighted by Crippen LogP contribution is 2.32. The maximum atomic E-state index is 5.38. The molecule has 2 aromatic rings. The lowest BCUT2D eigenvalue weighted by molar-refractivity contribution is 0.210. The number of hydrogen-bond acceptors (Lipinski definition) is 5. The molecule has 2 rings (SSSR count). The van der Waals surface area contributed by atoms with Gasteiger partial charge in [-0.25, -0.2) is 0 Å². The van der Waals surface area contributed by atoms with Gasteiger partial charge in [0.25, 0.3) is 0 Å². The van der Waals surface area contributed by atoms with Crippen LogP contribution >= 0.6 is 0 Å². The molecule has 0 radical (unpaired) electrons. The second-order valence-electron chi connectivity index (χ2n) is 4.15. The van der Waals surface area contributed by atoms with Gasteiger partial charge in [-0.1, -0.05) is 0 Å². The van der Waals surface area contributed by atoms with E-state index in [9.17, 15) is 0 Å². The van der Waals surface area contributed by atoms with Gasteiger partial charge in [0, 0.05) is 31.4 Å². The number of rotatable bonds is 7. The Hall–Kier alpha value is -2.21. The van der Waals surface area contributed by atoms with Gasteiger partial charge in [-0.2, -0.15) is 5.10 Å². The van der Waals surface area contributed by atoms with E-state index in [-0.39, 0.29) is 0 Å². The van der Waals surface area contributed by atoms with Crippen molar-refractivity contribution < 1.29 is 14.2 Å². The molecule has 0 unspecified atom stereocenters. The Morgan fingerprint density at radius 2 is 2.00 bits per heavy atom. The monoisotopic (exact) mass is 277 g/mol. The van der Waals surface area contributed by atoms with Gasteiger partial charge < -0.3 is 19.5 Å². The first-order valence-electron chi connectivity index (χ1n) is 6.29. The Balaban J connectivity index is 2.18. The van der Waals surface area contributed by atoms with Gasteiger partial charge in [-0.15, -0.1) is 0 Å². The molecule has 6 heteroatoms. The fourth-order valence-electron chi connectivity index (χ4n) is 1.85. The summed E-state index contributed by atoms with van der Waals surface area (Å²) < 4.78 is 15.6. The summed E-state index contributed by atoms with van der Waals surface area (Å²) >= 11 is 0. The SMILES string of the molecule is COCCNc1cc(-c2ccc(OC)cc2OC)[nH]n1. The minimum atomic E-state index is 0.633. The average molecular weight is 277 g/mol. The fraction of sp³-hybridized carbons (Fsp3) is 0.357. The highest BCUT2D eigenvalue weighted by molar-refractivity contribution is 5.70. The van der Waals surface area contributed by atoms with Crippen LogP contribution in [0.1, 0.15) is 0 Å². The Bertz CT molecular complexity index is 554. The number of nitrogens with zero attached hydrogens (tertiary/aromatic N) is 1. The van der Waals surface area contributed by atoms with Crippen molar-refractivity contribution in [3.05, 3.63) is 24.3 Å². The van der Waals surface area contributed by atoms with Crippen LogP contribution < -0.4 is 14.8 Å². The molecule has 1 heterocycles. The predicted molar refractivity (Wildman–Crippen MR) is 77.5 cm³/mol. The molecule has 0 amide bonds. The lowest BCUT2D eigenvalue weighted by atomic mass is 10.1. The number of H-pyrrole nitrogens is 1. The van der Waals surface area contributed by atoms with Gasteiger partial charge in [0.05, 0.1) is 26.5 Å². The number of hydrogen-bond donors (Lipinski definition) is 2. The molecule has 20 heavy (non-hydrogen) atoms. The summed E-state index contributed by atoms with van der Waals surface area (Å²) in [4.78, 5) is 0. The summed E-state index contributed by atoms with van der Waals surface area (Å²) in [5, 5.41) is 10.4. The van der Waals surface area contributed by atoms with E-state index in [1.54, 1.807) is 21.3 Å². The number of aromatic nitrogens is 2. The molecule has 1 aromatic carbocycles. The fourth-order valence-corrected chi connectivity index (χ4v) is 1.85. The first-order chi connectivity index (χ1) is 9.78. The van der Waals surface area contributed by atoms with E-state index >= 15 is 0 Å². The molecule has 0 saturated heterocycles. The third-order valence-corrected chi connectivity index (χ3v) is 2.89. The summed E-state index contributed by atoms with van der Waals surface area (Å²) in [6.07, 6.45) is 0. The van der Waals surface area contributed by atoms with E-state index in [0.29, 0.717) is 13.2 Å². The van der Waals surface area contributed by atoms with E-state index in [2.05, 4.69) is 15.5 Å². The van der Waals surface area contributed by atoms with E-state index in [1.807, 2.05) is 24.3 Å². The quantitative estimate of drug-likeness (QED) is 0.759. The average Bonchev–Trinajstić information content (AvgIpc) is 2.95. The second-order valence-corrected chi connectivity index (χ2v) is 4.15. The maximum Gasteiger partial charge on any atom is 0.148 e. The minimum Gasteiger partial charge on any atom is -0.497 e. The molecule has 0 bridgehead atoms. The molecular weight excluding hydrogens is 258 g/mol. The Morgan fingerprint density at radius 3 is 2.70 bits per heavy atom. The van der Waals surface area contributed by atoms with Crippen molar-refractivity contribution in [3.8, 4) is 22.8 Å².